The number of hydrogen-bond acceptors (Lipinski definition) is 3. The molecule has 0 saturated carbocycles. The van der Waals surface area contributed by atoms with Crippen molar-refractivity contribution in [1.29, 1.82) is 0 Å². The lowest BCUT2D eigenvalue weighted by Gasteiger charge is -2.27. The number of likely N-dealkylation sites (tertiary alicyclic amines) is 2. The van der Waals surface area contributed by atoms with Gasteiger partial charge in [-0.25, -0.2) is 4.79 Å². The summed E-state index contributed by atoms with van der Waals surface area (Å²) in [7, 11) is 0. The molecular weight excluding hydrogens is 304 g/mol. The Kier molecular flexibility index (Phi) is 4.95. The van der Waals surface area contributed by atoms with Crippen LogP contribution >= 0.6 is 11.6 Å². The van der Waals surface area contributed by atoms with Crippen molar-refractivity contribution in [3.63, 3.8) is 0 Å². The van der Waals surface area contributed by atoms with Crippen LogP contribution < -0.4 is 0 Å². The minimum absolute atomic E-state index is 0.0203. The quantitative estimate of drug-likeness (QED) is 0.748. The summed E-state index contributed by atoms with van der Waals surface area (Å²) < 4.78 is 5.45. The molecule has 2 amide bonds. The molecule has 0 aromatic heterocycles. The first-order chi connectivity index (χ1) is 10.1. The third-order valence-electron chi connectivity index (χ3n) is 4.50. The molecule has 22 heavy (non-hydrogen) atoms. The number of amides is 2. The van der Waals surface area contributed by atoms with E-state index >= 15 is 0 Å². The molecule has 2 aliphatic heterocycles. The Hall–Kier alpha value is -0.970. The third-order valence-corrected chi connectivity index (χ3v) is 4.77. The smallest absolute Gasteiger partial charge is 0.410 e. The Balaban J connectivity index is 1.92. The molecule has 2 aliphatic rings. The lowest BCUT2D eigenvalue weighted by molar-refractivity contribution is -0.130. The van der Waals surface area contributed by atoms with E-state index in [4.69, 9.17) is 16.3 Å². The molecule has 0 aromatic carbocycles. The van der Waals surface area contributed by atoms with Crippen LogP contribution in [0.1, 0.15) is 40.5 Å². The Morgan fingerprint density at radius 1 is 1.23 bits per heavy atom. The zero-order valence-electron chi connectivity index (χ0n) is 14.0. The summed E-state index contributed by atoms with van der Waals surface area (Å²) in [5, 5.41) is 0. The van der Waals surface area contributed by atoms with Crippen LogP contribution in [0.4, 0.5) is 4.79 Å². The fourth-order valence-electron chi connectivity index (χ4n) is 3.37. The van der Waals surface area contributed by atoms with Crippen molar-refractivity contribution in [2.75, 3.05) is 32.1 Å². The van der Waals surface area contributed by atoms with Crippen LogP contribution in [0.2, 0.25) is 0 Å². The number of fused-ring (bicyclic) bond motifs is 1. The van der Waals surface area contributed by atoms with Crippen LogP contribution in [0.25, 0.3) is 0 Å². The van der Waals surface area contributed by atoms with Gasteiger partial charge in [0.15, 0.2) is 0 Å². The van der Waals surface area contributed by atoms with E-state index in [1.807, 2.05) is 25.7 Å². The van der Waals surface area contributed by atoms with E-state index in [1.165, 1.54) is 0 Å². The van der Waals surface area contributed by atoms with Crippen LogP contribution in [-0.2, 0) is 9.53 Å². The first-order valence-electron chi connectivity index (χ1n) is 7.96. The zero-order valence-corrected chi connectivity index (χ0v) is 14.8. The summed E-state index contributed by atoms with van der Waals surface area (Å²) in [4.78, 5) is 28.1. The predicted octanol–water partition coefficient (Wildman–Crippen LogP) is 2.72. The topological polar surface area (TPSA) is 49.9 Å². The fourth-order valence-corrected chi connectivity index (χ4v) is 3.51. The number of carbonyl (C=O) groups is 2. The molecule has 5 nitrogen and oxygen atoms in total. The van der Waals surface area contributed by atoms with Gasteiger partial charge in [0.05, 0.1) is 0 Å². The molecule has 126 valence electrons. The summed E-state index contributed by atoms with van der Waals surface area (Å²) in [6, 6.07) is 0. The van der Waals surface area contributed by atoms with E-state index < -0.39 is 5.60 Å². The molecule has 0 bridgehead atoms. The maximum atomic E-state index is 12.2. The van der Waals surface area contributed by atoms with E-state index in [1.54, 1.807) is 4.90 Å². The second-order valence-electron chi connectivity index (χ2n) is 7.78. The summed E-state index contributed by atoms with van der Waals surface area (Å²) in [6.07, 6.45) is 0.993. The van der Waals surface area contributed by atoms with Gasteiger partial charge >= 0.3 is 6.09 Å². The first kappa shape index (κ1) is 17.4. The van der Waals surface area contributed by atoms with E-state index in [2.05, 4.69) is 6.92 Å². The van der Waals surface area contributed by atoms with Gasteiger partial charge in [-0.2, -0.15) is 0 Å². The summed E-state index contributed by atoms with van der Waals surface area (Å²) in [5.74, 6) is 1.03. The second kappa shape index (κ2) is 6.26. The highest BCUT2D eigenvalue weighted by atomic mass is 35.5. The van der Waals surface area contributed by atoms with Crippen LogP contribution in [0, 0.1) is 11.3 Å². The number of hydrogen-bond donors (Lipinski definition) is 0. The monoisotopic (exact) mass is 330 g/mol. The van der Waals surface area contributed by atoms with Gasteiger partial charge in [0, 0.05) is 49.8 Å². The lowest BCUT2D eigenvalue weighted by atomic mass is 9.83. The predicted molar refractivity (Wildman–Crippen MR) is 85.9 cm³/mol. The highest BCUT2D eigenvalue weighted by Gasteiger charge is 2.51. The molecule has 2 fully saturated rings. The number of rotatable bonds is 3. The van der Waals surface area contributed by atoms with Crippen molar-refractivity contribution in [3.8, 4) is 0 Å². The number of ether oxygens (including phenoxy) is 1. The highest BCUT2D eigenvalue weighted by molar-refractivity contribution is 6.17. The molecule has 6 heteroatoms. The van der Waals surface area contributed by atoms with Crippen molar-refractivity contribution in [3.05, 3.63) is 0 Å². The number of halogens is 1. The first-order valence-corrected chi connectivity index (χ1v) is 8.50. The normalized spacial score (nSPS) is 28.0. The maximum absolute atomic E-state index is 12.2. The molecule has 2 saturated heterocycles. The SMILES string of the molecule is CC(C)(C)OC(=O)N1C[C@H]2CN(C(=O)CCCCl)C[C@@]2(C)C1. The van der Waals surface area contributed by atoms with Gasteiger partial charge < -0.3 is 14.5 Å². The summed E-state index contributed by atoms with van der Waals surface area (Å²) in [5.41, 5.74) is -0.493. The van der Waals surface area contributed by atoms with Crippen molar-refractivity contribution in [2.24, 2.45) is 11.3 Å². The van der Waals surface area contributed by atoms with Crippen molar-refractivity contribution < 1.29 is 14.3 Å². The van der Waals surface area contributed by atoms with Crippen molar-refractivity contribution >= 4 is 23.6 Å². The van der Waals surface area contributed by atoms with Gasteiger partial charge in [0.25, 0.3) is 0 Å². The van der Waals surface area contributed by atoms with E-state index in [9.17, 15) is 9.59 Å². The zero-order chi connectivity index (χ0) is 16.5. The van der Waals surface area contributed by atoms with E-state index in [0.29, 0.717) is 31.3 Å². The van der Waals surface area contributed by atoms with Crippen molar-refractivity contribution in [2.45, 2.75) is 46.1 Å². The van der Waals surface area contributed by atoms with Gasteiger partial charge in [-0.1, -0.05) is 6.92 Å². The van der Waals surface area contributed by atoms with Crippen molar-refractivity contribution in [1.82, 2.24) is 9.80 Å². The lowest BCUT2D eigenvalue weighted by Crippen LogP contribution is -2.40. The average Bonchev–Trinajstić information content (AvgIpc) is 2.85. The Bertz CT molecular complexity index is 449. The molecule has 2 atom stereocenters. The highest BCUT2D eigenvalue weighted by Crippen LogP contribution is 2.42. The molecule has 0 unspecified atom stereocenters. The van der Waals surface area contributed by atoms with Gasteiger partial charge in [-0.3, -0.25) is 4.79 Å². The van der Waals surface area contributed by atoms with Gasteiger partial charge in [0.1, 0.15) is 5.60 Å². The van der Waals surface area contributed by atoms with Crippen LogP contribution in [0.5, 0.6) is 0 Å². The molecule has 0 aliphatic carbocycles. The van der Waals surface area contributed by atoms with E-state index in [0.717, 1.165) is 19.5 Å². The number of alkyl halides is 1. The second-order valence-corrected chi connectivity index (χ2v) is 8.16. The molecule has 0 N–H and O–H groups in total. The van der Waals surface area contributed by atoms with Gasteiger partial charge in [-0.05, 0) is 27.2 Å². The van der Waals surface area contributed by atoms with Crippen LogP contribution in [0.3, 0.4) is 0 Å². The Labute approximate surface area is 137 Å². The molecular formula is C16H27ClN2O3. The van der Waals surface area contributed by atoms with Gasteiger partial charge in [0.2, 0.25) is 5.91 Å². The minimum Gasteiger partial charge on any atom is -0.444 e. The largest absolute Gasteiger partial charge is 0.444 e. The number of carbonyl (C=O) groups excluding carboxylic acids is 2. The van der Waals surface area contributed by atoms with E-state index in [-0.39, 0.29) is 17.4 Å². The molecule has 2 rings (SSSR count). The molecule has 0 aromatic rings. The molecule has 0 spiro atoms. The molecule has 0 radical (unpaired) electrons. The van der Waals surface area contributed by atoms with Gasteiger partial charge in [-0.15, -0.1) is 11.6 Å². The Morgan fingerprint density at radius 3 is 2.36 bits per heavy atom. The molecule has 2 heterocycles. The fraction of sp³-hybridized carbons (Fsp3) is 0.875. The third kappa shape index (κ3) is 3.86. The maximum Gasteiger partial charge on any atom is 0.410 e. The summed E-state index contributed by atoms with van der Waals surface area (Å²) in [6.45, 7) is 10.6. The summed E-state index contributed by atoms with van der Waals surface area (Å²) >= 11 is 5.65. The van der Waals surface area contributed by atoms with Crippen LogP contribution in [0.15, 0.2) is 0 Å². The van der Waals surface area contributed by atoms with Crippen LogP contribution in [-0.4, -0.2) is 59.5 Å². The minimum atomic E-state index is -0.473. The number of nitrogens with zero attached hydrogens (tertiary/aromatic N) is 2. The average molecular weight is 331 g/mol. The standard InChI is InChI=1S/C16H27ClN2O3/c1-15(2,3)22-14(21)19-9-12-8-18(10-16(12,4)11-19)13(20)6-5-7-17/h12H,5-11H2,1-4H3/t12-,16+/m1/s1. The Morgan fingerprint density at radius 2 is 1.82 bits per heavy atom.